The number of aliphatic hydroxyl groups excluding tert-OH is 1. The monoisotopic (exact) mass is 454 g/mol. The number of halogens is 1. The van der Waals surface area contributed by atoms with Crippen molar-refractivity contribution in [3.63, 3.8) is 0 Å². The Morgan fingerprint density at radius 2 is 1.67 bits per heavy atom. The molecule has 33 heavy (non-hydrogen) atoms. The van der Waals surface area contributed by atoms with Crippen LogP contribution in [-0.2, 0) is 9.59 Å². The number of carbonyl (C=O) groups is 2. The first-order valence-corrected chi connectivity index (χ1v) is 10.8. The van der Waals surface area contributed by atoms with E-state index in [0.717, 1.165) is 16.3 Å². The first-order valence-electron chi connectivity index (χ1n) is 10.4. The maximum Gasteiger partial charge on any atom is 0.300 e. The van der Waals surface area contributed by atoms with E-state index in [1.165, 1.54) is 4.90 Å². The number of fused-ring (bicyclic) bond motifs is 1. The number of hydrogen-bond acceptors (Lipinski definition) is 4. The Morgan fingerprint density at radius 1 is 0.939 bits per heavy atom. The van der Waals surface area contributed by atoms with Crippen molar-refractivity contribution < 1.29 is 14.7 Å². The molecule has 5 rings (SSSR count). The van der Waals surface area contributed by atoms with Gasteiger partial charge in [-0.25, -0.2) is 0 Å². The molecular weight excluding hydrogens is 436 g/mol. The molecule has 0 radical (unpaired) electrons. The number of aromatic nitrogens is 1. The van der Waals surface area contributed by atoms with Crippen LogP contribution in [0, 0.1) is 6.92 Å². The fourth-order valence-electron chi connectivity index (χ4n) is 4.28. The molecule has 1 amide bonds. The Labute approximate surface area is 195 Å². The highest BCUT2D eigenvalue weighted by Crippen LogP contribution is 2.43. The molecule has 2 heterocycles. The summed E-state index contributed by atoms with van der Waals surface area (Å²) in [5.41, 5.74) is 2.45. The Morgan fingerprint density at radius 3 is 2.42 bits per heavy atom. The van der Waals surface area contributed by atoms with Crippen molar-refractivity contribution in [1.82, 2.24) is 4.98 Å². The van der Waals surface area contributed by atoms with Gasteiger partial charge in [-0.05, 0) is 59.2 Å². The van der Waals surface area contributed by atoms with E-state index in [9.17, 15) is 14.7 Å². The number of anilines is 1. The maximum absolute atomic E-state index is 13.3. The second-order valence-corrected chi connectivity index (χ2v) is 8.38. The molecule has 1 saturated heterocycles. The summed E-state index contributed by atoms with van der Waals surface area (Å²) in [6.07, 6.45) is 3.19. The topological polar surface area (TPSA) is 70.5 Å². The number of pyridine rings is 1. The molecular formula is C27H19ClN2O3. The number of aliphatic hydroxyl groups is 1. The highest BCUT2D eigenvalue weighted by molar-refractivity contribution is 6.52. The van der Waals surface area contributed by atoms with E-state index >= 15 is 0 Å². The molecule has 1 atom stereocenters. The van der Waals surface area contributed by atoms with Crippen molar-refractivity contribution in [2.24, 2.45) is 0 Å². The Kier molecular flexibility index (Phi) is 5.19. The molecule has 1 aromatic heterocycles. The lowest BCUT2D eigenvalue weighted by atomic mass is 9.95. The first-order chi connectivity index (χ1) is 16.0. The summed E-state index contributed by atoms with van der Waals surface area (Å²) < 4.78 is 0. The van der Waals surface area contributed by atoms with Crippen LogP contribution in [-0.4, -0.2) is 21.8 Å². The molecule has 1 aliphatic heterocycles. The molecule has 3 aromatic carbocycles. The van der Waals surface area contributed by atoms with Crippen LogP contribution in [0.1, 0.15) is 22.7 Å². The number of rotatable bonds is 3. The van der Waals surface area contributed by atoms with Crippen LogP contribution in [0.4, 0.5) is 5.69 Å². The van der Waals surface area contributed by atoms with E-state index in [1.807, 2.05) is 43.3 Å². The van der Waals surface area contributed by atoms with Crippen LogP contribution in [0.25, 0.3) is 16.5 Å². The van der Waals surface area contributed by atoms with Gasteiger partial charge in [0.1, 0.15) is 5.76 Å². The Balaban J connectivity index is 1.75. The lowest BCUT2D eigenvalue weighted by Gasteiger charge is -2.26. The third-order valence-corrected chi connectivity index (χ3v) is 6.15. The van der Waals surface area contributed by atoms with Gasteiger partial charge in [0.05, 0.1) is 11.6 Å². The van der Waals surface area contributed by atoms with Crippen LogP contribution in [0.5, 0.6) is 0 Å². The molecule has 1 N–H and O–H groups in total. The molecule has 0 bridgehead atoms. The average Bonchev–Trinajstić information content (AvgIpc) is 3.10. The van der Waals surface area contributed by atoms with Crippen LogP contribution < -0.4 is 4.90 Å². The van der Waals surface area contributed by atoms with Crippen LogP contribution in [0.15, 0.2) is 90.8 Å². The third kappa shape index (κ3) is 3.56. The van der Waals surface area contributed by atoms with Gasteiger partial charge in [-0.3, -0.25) is 19.5 Å². The van der Waals surface area contributed by atoms with E-state index in [0.29, 0.717) is 21.8 Å². The average molecular weight is 455 g/mol. The predicted octanol–water partition coefficient (Wildman–Crippen LogP) is 5.82. The fraction of sp³-hybridized carbons (Fsp3) is 0.0741. The lowest BCUT2D eigenvalue weighted by molar-refractivity contribution is -0.132. The molecule has 0 aliphatic carbocycles. The SMILES string of the molecule is Cc1ccc(Cl)cc1N1C(=O)C(=O)/C(=C(\O)c2ccc3ccccc3c2)C1c1ccncc1. The van der Waals surface area contributed by atoms with Crippen molar-refractivity contribution >= 4 is 45.5 Å². The smallest absolute Gasteiger partial charge is 0.300 e. The van der Waals surface area contributed by atoms with Crippen molar-refractivity contribution in [2.75, 3.05) is 4.90 Å². The second-order valence-electron chi connectivity index (χ2n) is 7.94. The predicted molar refractivity (Wildman–Crippen MR) is 129 cm³/mol. The first kappa shape index (κ1) is 20.9. The van der Waals surface area contributed by atoms with E-state index in [4.69, 9.17) is 11.6 Å². The van der Waals surface area contributed by atoms with Crippen molar-refractivity contribution in [3.8, 4) is 0 Å². The summed E-state index contributed by atoms with van der Waals surface area (Å²) in [5, 5.41) is 13.7. The molecule has 6 heteroatoms. The zero-order valence-electron chi connectivity index (χ0n) is 17.7. The Bertz CT molecular complexity index is 1450. The van der Waals surface area contributed by atoms with Crippen molar-refractivity contribution in [1.29, 1.82) is 0 Å². The summed E-state index contributed by atoms with van der Waals surface area (Å²) in [6.45, 7) is 1.85. The number of nitrogens with zero attached hydrogens (tertiary/aromatic N) is 2. The summed E-state index contributed by atoms with van der Waals surface area (Å²) in [5.74, 6) is -1.69. The van der Waals surface area contributed by atoms with Crippen LogP contribution >= 0.6 is 11.6 Å². The van der Waals surface area contributed by atoms with E-state index in [1.54, 1.807) is 48.8 Å². The number of aryl methyl sites for hydroxylation is 1. The molecule has 0 saturated carbocycles. The number of hydrogen-bond donors (Lipinski definition) is 1. The Hall–Kier alpha value is -3.96. The number of carbonyl (C=O) groups excluding carboxylic acids is 2. The van der Waals surface area contributed by atoms with E-state index in [-0.39, 0.29) is 11.3 Å². The summed E-state index contributed by atoms with van der Waals surface area (Å²) in [7, 11) is 0. The highest BCUT2D eigenvalue weighted by Gasteiger charge is 2.47. The fourth-order valence-corrected chi connectivity index (χ4v) is 4.44. The van der Waals surface area contributed by atoms with Gasteiger partial charge in [0, 0.05) is 28.7 Å². The molecule has 162 valence electrons. The minimum Gasteiger partial charge on any atom is -0.507 e. The van der Waals surface area contributed by atoms with Gasteiger partial charge in [0.25, 0.3) is 11.7 Å². The summed E-state index contributed by atoms with van der Waals surface area (Å²) in [4.78, 5) is 32.0. The zero-order valence-corrected chi connectivity index (χ0v) is 18.5. The normalized spacial score (nSPS) is 17.6. The summed E-state index contributed by atoms with van der Waals surface area (Å²) >= 11 is 6.23. The van der Waals surface area contributed by atoms with Gasteiger partial charge in [-0.1, -0.05) is 54.1 Å². The van der Waals surface area contributed by atoms with Gasteiger partial charge in [0.15, 0.2) is 0 Å². The summed E-state index contributed by atoms with van der Waals surface area (Å²) in [6, 6.07) is 21.0. The standard InChI is InChI=1S/C27H19ClN2O3/c1-16-6-9-21(28)15-22(16)30-24(18-10-12-29-13-11-18)23(26(32)27(30)33)25(31)20-8-7-17-4-2-3-5-19(17)14-20/h2-15,24,31H,1H3/b25-23-. The number of Topliss-reactive ketones (excluding diaryl/α,β-unsaturated/α-hetero) is 1. The molecule has 5 nitrogen and oxygen atoms in total. The molecule has 1 fully saturated rings. The number of benzene rings is 3. The minimum atomic E-state index is -0.823. The molecule has 1 unspecified atom stereocenters. The largest absolute Gasteiger partial charge is 0.507 e. The number of amides is 1. The zero-order chi connectivity index (χ0) is 23.1. The molecule has 4 aromatic rings. The maximum atomic E-state index is 13.3. The van der Waals surface area contributed by atoms with E-state index < -0.39 is 17.7 Å². The third-order valence-electron chi connectivity index (χ3n) is 5.92. The van der Waals surface area contributed by atoms with Gasteiger partial charge in [0.2, 0.25) is 0 Å². The van der Waals surface area contributed by atoms with Gasteiger partial charge >= 0.3 is 0 Å². The van der Waals surface area contributed by atoms with Gasteiger partial charge in [-0.15, -0.1) is 0 Å². The quantitative estimate of drug-likeness (QED) is 0.240. The van der Waals surface area contributed by atoms with Crippen LogP contribution in [0.2, 0.25) is 5.02 Å². The van der Waals surface area contributed by atoms with Gasteiger partial charge < -0.3 is 5.11 Å². The van der Waals surface area contributed by atoms with E-state index in [2.05, 4.69) is 4.98 Å². The van der Waals surface area contributed by atoms with Crippen molar-refractivity contribution in [3.05, 3.63) is 112 Å². The van der Waals surface area contributed by atoms with Crippen LogP contribution in [0.3, 0.4) is 0 Å². The number of ketones is 1. The molecule has 0 spiro atoms. The minimum absolute atomic E-state index is 0.0286. The van der Waals surface area contributed by atoms with Crippen molar-refractivity contribution in [2.45, 2.75) is 13.0 Å². The lowest BCUT2D eigenvalue weighted by Crippen LogP contribution is -2.30. The van der Waals surface area contributed by atoms with Gasteiger partial charge in [-0.2, -0.15) is 0 Å². The highest BCUT2D eigenvalue weighted by atomic mass is 35.5. The molecule has 1 aliphatic rings. The second kappa shape index (κ2) is 8.19.